The molecule has 0 saturated heterocycles. The van der Waals surface area contributed by atoms with Crippen molar-refractivity contribution in [1.82, 2.24) is 15.3 Å². The van der Waals surface area contributed by atoms with Gasteiger partial charge in [0, 0.05) is 29.3 Å². The second-order valence-corrected chi connectivity index (χ2v) is 4.60. The van der Waals surface area contributed by atoms with Crippen molar-refractivity contribution in [3.05, 3.63) is 53.6 Å². The number of nitrogens with zero attached hydrogens (tertiary/aromatic N) is 2. The predicted molar refractivity (Wildman–Crippen MR) is 77.8 cm³/mol. The summed E-state index contributed by atoms with van der Waals surface area (Å²) in [5.74, 6) is 0. The maximum absolute atomic E-state index is 6.06. The third-order valence-electron chi connectivity index (χ3n) is 3.00. The van der Waals surface area contributed by atoms with E-state index in [4.69, 9.17) is 5.73 Å². The number of nitrogen functional groups attached to an aromatic ring is 1. The van der Waals surface area contributed by atoms with Gasteiger partial charge in [0.1, 0.15) is 0 Å². The average Bonchev–Trinajstić information content (AvgIpc) is 2.41. The summed E-state index contributed by atoms with van der Waals surface area (Å²) in [6, 6.07) is 7.85. The first-order chi connectivity index (χ1) is 9.22. The second-order valence-electron chi connectivity index (χ2n) is 4.60. The molecule has 0 aliphatic carbocycles. The van der Waals surface area contributed by atoms with Crippen molar-refractivity contribution < 1.29 is 0 Å². The maximum atomic E-state index is 6.06. The molecule has 2 aromatic heterocycles. The van der Waals surface area contributed by atoms with E-state index in [-0.39, 0.29) is 6.04 Å². The van der Waals surface area contributed by atoms with Crippen LogP contribution in [0.5, 0.6) is 0 Å². The Hall–Kier alpha value is -1.94. The smallest absolute Gasteiger partial charge is 0.0786 e. The van der Waals surface area contributed by atoms with Gasteiger partial charge in [-0.1, -0.05) is 13.0 Å². The van der Waals surface area contributed by atoms with Gasteiger partial charge in [-0.15, -0.1) is 0 Å². The lowest BCUT2D eigenvalue weighted by Gasteiger charge is -2.20. The average molecular weight is 256 g/mol. The minimum Gasteiger partial charge on any atom is -0.398 e. The topological polar surface area (TPSA) is 63.8 Å². The summed E-state index contributed by atoms with van der Waals surface area (Å²) in [5.41, 5.74) is 9.77. The third-order valence-corrected chi connectivity index (χ3v) is 3.00. The number of rotatable bonds is 5. The SMILES string of the molecule is CCCNC(c1cccc(C)n1)c1cnccc1N. The molecule has 0 aromatic carbocycles. The monoisotopic (exact) mass is 256 g/mol. The van der Waals surface area contributed by atoms with Gasteiger partial charge in [0.25, 0.3) is 0 Å². The number of hydrogen-bond donors (Lipinski definition) is 2. The quantitative estimate of drug-likeness (QED) is 0.862. The van der Waals surface area contributed by atoms with Crippen molar-refractivity contribution in [2.45, 2.75) is 26.3 Å². The Kier molecular flexibility index (Phi) is 4.47. The highest BCUT2D eigenvalue weighted by molar-refractivity contribution is 5.48. The molecule has 0 bridgehead atoms. The molecule has 1 atom stereocenters. The molecular weight excluding hydrogens is 236 g/mol. The highest BCUT2D eigenvalue weighted by atomic mass is 14.9. The van der Waals surface area contributed by atoms with Gasteiger partial charge in [-0.2, -0.15) is 0 Å². The van der Waals surface area contributed by atoms with Crippen LogP contribution in [0.1, 0.15) is 36.3 Å². The lowest BCUT2D eigenvalue weighted by molar-refractivity contribution is 0.585. The Morgan fingerprint density at radius 1 is 1.32 bits per heavy atom. The van der Waals surface area contributed by atoms with E-state index in [2.05, 4.69) is 22.2 Å². The molecule has 0 radical (unpaired) electrons. The zero-order valence-electron chi connectivity index (χ0n) is 11.4. The second kappa shape index (κ2) is 6.29. The van der Waals surface area contributed by atoms with Gasteiger partial charge in [-0.25, -0.2) is 0 Å². The molecule has 19 heavy (non-hydrogen) atoms. The molecule has 0 saturated carbocycles. The van der Waals surface area contributed by atoms with E-state index >= 15 is 0 Å². The number of hydrogen-bond acceptors (Lipinski definition) is 4. The van der Waals surface area contributed by atoms with Crippen LogP contribution in [0.4, 0.5) is 5.69 Å². The minimum atomic E-state index is -0.00597. The Labute approximate surface area is 114 Å². The molecule has 1 unspecified atom stereocenters. The molecule has 0 spiro atoms. The summed E-state index contributed by atoms with van der Waals surface area (Å²) in [5, 5.41) is 3.49. The first-order valence-electron chi connectivity index (χ1n) is 6.58. The summed E-state index contributed by atoms with van der Waals surface area (Å²) in [6.07, 6.45) is 4.58. The summed E-state index contributed by atoms with van der Waals surface area (Å²) in [6.45, 7) is 5.04. The van der Waals surface area contributed by atoms with Crippen LogP contribution in [0.2, 0.25) is 0 Å². The number of anilines is 1. The van der Waals surface area contributed by atoms with Crippen LogP contribution in [0.3, 0.4) is 0 Å². The number of pyridine rings is 2. The minimum absolute atomic E-state index is 0.00597. The highest BCUT2D eigenvalue weighted by Gasteiger charge is 2.17. The standard InChI is InChI=1S/C15H20N4/c1-3-8-18-15(12-10-17-9-7-13(12)16)14-6-4-5-11(2)19-14/h4-7,9-10,15,18H,3,8H2,1-2H3,(H2,16,17). The van der Waals surface area contributed by atoms with Crippen molar-refractivity contribution in [1.29, 1.82) is 0 Å². The number of aryl methyl sites for hydroxylation is 1. The van der Waals surface area contributed by atoms with Crippen LogP contribution >= 0.6 is 0 Å². The molecule has 0 aliphatic rings. The van der Waals surface area contributed by atoms with E-state index in [1.165, 1.54) is 0 Å². The van der Waals surface area contributed by atoms with Crippen molar-refractivity contribution in [3.8, 4) is 0 Å². The molecule has 4 heteroatoms. The van der Waals surface area contributed by atoms with Gasteiger partial charge in [-0.05, 0) is 38.1 Å². The predicted octanol–water partition coefficient (Wildman–Crippen LogP) is 2.46. The van der Waals surface area contributed by atoms with Gasteiger partial charge in [-0.3, -0.25) is 9.97 Å². The Bertz CT molecular complexity index is 539. The van der Waals surface area contributed by atoms with E-state index in [9.17, 15) is 0 Å². The number of nitrogens with one attached hydrogen (secondary N) is 1. The van der Waals surface area contributed by atoms with Crippen LogP contribution in [0.15, 0.2) is 36.7 Å². The molecule has 3 N–H and O–H groups in total. The molecule has 2 rings (SSSR count). The zero-order chi connectivity index (χ0) is 13.7. The molecule has 0 fully saturated rings. The fourth-order valence-electron chi connectivity index (χ4n) is 2.05. The molecule has 0 amide bonds. The van der Waals surface area contributed by atoms with Crippen LogP contribution in [-0.4, -0.2) is 16.5 Å². The molecule has 0 aliphatic heterocycles. The van der Waals surface area contributed by atoms with Crippen LogP contribution in [0, 0.1) is 6.92 Å². The Morgan fingerprint density at radius 3 is 2.84 bits per heavy atom. The van der Waals surface area contributed by atoms with Crippen LogP contribution in [0.25, 0.3) is 0 Å². The summed E-state index contributed by atoms with van der Waals surface area (Å²) >= 11 is 0. The Balaban J connectivity index is 2.38. The first kappa shape index (κ1) is 13.5. The van der Waals surface area contributed by atoms with Crippen molar-refractivity contribution in [2.75, 3.05) is 12.3 Å². The fraction of sp³-hybridized carbons (Fsp3) is 0.333. The van der Waals surface area contributed by atoms with Gasteiger partial charge >= 0.3 is 0 Å². The van der Waals surface area contributed by atoms with E-state index in [1.54, 1.807) is 6.20 Å². The van der Waals surface area contributed by atoms with Gasteiger partial charge in [0.05, 0.1) is 11.7 Å². The summed E-state index contributed by atoms with van der Waals surface area (Å²) in [7, 11) is 0. The van der Waals surface area contributed by atoms with Crippen molar-refractivity contribution in [2.24, 2.45) is 0 Å². The molecule has 100 valence electrons. The molecule has 2 heterocycles. The molecular formula is C15H20N4. The largest absolute Gasteiger partial charge is 0.398 e. The van der Waals surface area contributed by atoms with Gasteiger partial charge < -0.3 is 11.1 Å². The van der Waals surface area contributed by atoms with E-state index in [1.807, 2.05) is 37.4 Å². The Morgan fingerprint density at radius 2 is 2.16 bits per heavy atom. The molecule has 4 nitrogen and oxygen atoms in total. The highest BCUT2D eigenvalue weighted by Crippen LogP contribution is 2.24. The normalized spacial score (nSPS) is 12.3. The van der Waals surface area contributed by atoms with E-state index in [0.29, 0.717) is 0 Å². The van der Waals surface area contributed by atoms with E-state index in [0.717, 1.165) is 35.6 Å². The third kappa shape index (κ3) is 3.29. The molecule has 2 aromatic rings. The van der Waals surface area contributed by atoms with Crippen LogP contribution < -0.4 is 11.1 Å². The van der Waals surface area contributed by atoms with E-state index < -0.39 is 0 Å². The summed E-state index contributed by atoms with van der Waals surface area (Å²) in [4.78, 5) is 8.77. The number of nitrogens with two attached hydrogens (primary N) is 1. The zero-order valence-corrected chi connectivity index (χ0v) is 11.4. The lowest BCUT2D eigenvalue weighted by atomic mass is 10.0. The first-order valence-corrected chi connectivity index (χ1v) is 6.58. The summed E-state index contributed by atoms with van der Waals surface area (Å²) < 4.78 is 0. The van der Waals surface area contributed by atoms with Gasteiger partial charge in [0.2, 0.25) is 0 Å². The van der Waals surface area contributed by atoms with Crippen molar-refractivity contribution in [3.63, 3.8) is 0 Å². The van der Waals surface area contributed by atoms with Crippen molar-refractivity contribution >= 4 is 5.69 Å². The van der Waals surface area contributed by atoms with Gasteiger partial charge in [0.15, 0.2) is 0 Å². The fourth-order valence-corrected chi connectivity index (χ4v) is 2.05. The number of aromatic nitrogens is 2. The van der Waals surface area contributed by atoms with Crippen LogP contribution in [-0.2, 0) is 0 Å². The maximum Gasteiger partial charge on any atom is 0.0786 e. The lowest BCUT2D eigenvalue weighted by Crippen LogP contribution is -2.25.